The van der Waals surface area contributed by atoms with Crippen molar-refractivity contribution in [1.82, 2.24) is 14.7 Å². The number of hydrogen-bond acceptors (Lipinski definition) is 4. The van der Waals surface area contributed by atoms with E-state index in [4.69, 9.17) is 5.73 Å². The van der Waals surface area contributed by atoms with Gasteiger partial charge in [-0.3, -0.25) is 4.90 Å². The molecule has 1 heterocycles. The summed E-state index contributed by atoms with van der Waals surface area (Å²) in [7, 11) is 4.29. The molecule has 4 heteroatoms. The Kier molecular flexibility index (Phi) is 6.57. The van der Waals surface area contributed by atoms with Gasteiger partial charge in [0.25, 0.3) is 0 Å². The van der Waals surface area contributed by atoms with Crippen LogP contribution in [0.4, 0.5) is 0 Å². The van der Waals surface area contributed by atoms with Gasteiger partial charge in [0, 0.05) is 39.3 Å². The van der Waals surface area contributed by atoms with Crippen molar-refractivity contribution in [3.05, 3.63) is 0 Å². The molecule has 0 aromatic heterocycles. The number of rotatable bonds is 7. The van der Waals surface area contributed by atoms with Crippen molar-refractivity contribution in [3.8, 4) is 0 Å². The predicted molar refractivity (Wildman–Crippen MR) is 78.9 cm³/mol. The van der Waals surface area contributed by atoms with Crippen molar-refractivity contribution < 1.29 is 0 Å². The van der Waals surface area contributed by atoms with Crippen LogP contribution in [0.1, 0.15) is 20.3 Å². The fourth-order valence-corrected chi connectivity index (χ4v) is 2.14. The van der Waals surface area contributed by atoms with E-state index < -0.39 is 0 Å². The van der Waals surface area contributed by atoms with E-state index in [1.165, 1.54) is 52.2 Å². The van der Waals surface area contributed by atoms with Gasteiger partial charge in [-0.1, -0.05) is 13.8 Å². The van der Waals surface area contributed by atoms with E-state index in [1.807, 2.05) is 0 Å². The van der Waals surface area contributed by atoms with Gasteiger partial charge >= 0.3 is 0 Å². The molecular weight excluding hydrogens is 224 g/mol. The first-order valence-corrected chi connectivity index (χ1v) is 7.22. The highest BCUT2D eigenvalue weighted by Crippen LogP contribution is 2.18. The van der Waals surface area contributed by atoms with E-state index in [9.17, 15) is 0 Å². The Hall–Kier alpha value is -0.160. The van der Waals surface area contributed by atoms with Crippen LogP contribution >= 0.6 is 0 Å². The van der Waals surface area contributed by atoms with Gasteiger partial charge in [0.1, 0.15) is 0 Å². The van der Waals surface area contributed by atoms with Crippen LogP contribution in [0.25, 0.3) is 0 Å². The van der Waals surface area contributed by atoms with Gasteiger partial charge in [-0.25, -0.2) is 0 Å². The topological polar surface area (TPSA) is 35.7 Å². The summed E-state index contributed by atoms with van der Waals surface area (Å²) in [6.07, 6.45) is 1.21. The molecule has 0 radical (unpaired) electrons. The molecule has 4 nitrogen and oxygen atoms in total. The monoisotopic (exact) mass is 256 g/mol. The van der Waals surface area contributed by atoms with Crippen LogP contribution < -0.4 is 5.73 Å². The molecule has 0 atom stereocenters. The van der Waals surface area contributed by atoms with Crippen molar-refractivity contribution in [2.75, 3.05) is 66.5 Å². The average Bonchev–Trinajstić information content (AvgIpc) is 2.35. The molecule has 0 aromatic carbocycles. The highest BCUT2D eigenvalue weighted by Gasteiger charge is 2.20. The Morgan fingerprint density at radius 3 is 1.94 bits per heavy atom. The lowest BCUT2D eigenvalue weighted by Crippen LogP contribution is -2.48. The van der Waals surface area contributed by atoms with E-state index in [2.05, 4.69) is 42.6 Å². The fraction of sp³-hybridized carbons (Fsp3) is 1.00. The van der Waals surface area contributed by atoms with Crippen LogP contribution in [0.5, 0.6) is 0 Å². The molecule has 1 saturated heterocycles. The lowest BCUT2D eigenvalue weighted by atomic mass is 9.89. The molecule has 108 valence electrons. The number of nitrogens with two attached hydrogens (primary N) is 1. The van der Waals surface area contributed by atoms with Crippen LogP contribution in [-0.2, 0) is 0 Å². The summed E-state index contributed by atoms with van der Waals surface area (Å²) >= 11 is 0. The summed E-state index contributed by atoms with van der Waals surface area (Å²) in [5, 5.41) is 0. The number of likely N-dealkylation sites (N-methyl/N-ethyl adjacent to an activating group) is 1. The second kappa shape index (κ2) is 7.43. The maximum atomic E-state index is 5.78. The lowest BCUT2D eigenvalue weighted by molar-refractivity contribution is 0.114. The third-order valence-corrected chi connectivity index (χ3v) is 3.99. The smallest absolute Gasteiger partial charge is 0.0110 e. The van der Waals surface area contributed by atoms with Gasteiger partial charge in [0.05, 0.1) is 0 Å². The Balaban J connectivity index is 2.15. The van der Waals surface area contributed by atoms with E-state index in [-0.39, 0.29) is 0 Å². The first-order valence-electron chi connectivity index (χ1n) is 7.22. The van der Waals surface area contributed by atoms with E-state index in [0.717, 1.165) is 6.54 Å². The Morgan fingerprint density at radius 1 is 1.00 bits per heavy atom. The SMILES string of the molecule is CN(C)CCN1CCN(CCC(C)(C)CN)CC1. The van der Waals surface area contributed by atoms with Gasteiger partial charge < -0.3 is 15.5 Å². The maximum Gasteiger partial charge on any atom is 0.0110 e. The zero-order valence-corrected chi connectivity index (χ0v) is 12.8. The Bertz CT molecular complexity index is 220. The number of nitrogens with zero attached hydrogens (tertiary/aromatic N) is 3. The van der Waals surface area contributed by atoms with Crippen molar-refractivity contribution in [2.24, 2.45) is 11.1 Å². The number of hydrogen-bond donors (Lipinski definition) is 1. The van der Waals surface area contributed by atoms with Crippen LogP contribution in [0.3, 0.4) is 0 Å². The highest BCUT2D eigenvalue weighted by atomic mass is 15.3. The molecule has 1 aliphatic heterocycles. The summed E-state index contributed by atoms with van der Waals surface area (Å²) in [4.78, 5) is 7.42. The Labute approximate surface area is 113 Å². The molecule has 18 heavy (non-hydrogen) atoms. The van der Waals surface area contributed by atoms with E-state index >= 15 is 0 Å². The molecule has 1 aliphatic rings. The third-order valence-electron chi connectivity index (χ3n) is 3.99. The highest BCUT2D eigenvalue weighted by molar-refractivity contribution is 4.76. The van der Waals surface area contributed by atoms with Crippen molar-refractivity contribution >= 4 is 0 Å². The Morgan fingerprint density at radius 2 is 1.50 bits per heavy atom. The van der Waals surface area contributed by atoms with Crippen LogP contribution in [-0.4, -0.2) is 81.2 Å². The van der Waals surface area contributed by atoms with Gasteiger partial charge in [0.2, 0.25) is 0 Å². The minimum absolute atomic E-state index is 0.294. The van der Waals surface area contributed by atoms with Crippen molar-refractivity contribution in [2.45, 2.75) is 20.3 Å². The minimum atomic E-state index is 0.294. The molecular formula is C14H32N4. The molecule has 1 fully saturated rings. The molecule has 1 rings (SSSR count). The van der Waals surface area contributed by atoms with Crippen molar-refractivity contribution in [1.29, 1.82) is 0 Å². The van der Waals surface area contributed by atoms with E-state index in [0.29, 0.717) is 5.41 Å². The summed E-state index contributed by atoms with van der Waals surface area (Å²) < 4.78 is 0. The molecule has 0 saturated carbocycles. The second-order valence-electron chi connectivity index (χ2n) is 6.60. The van der Waals surface area contributed by atoms with Gasteiger partial charge in [-0.05, 0) is 39.0 Å². The summed E-state index contributed by atoms with van der Waals surface area (Å²) in [5.74, 6) is 0. The maximum absolute atomic E-state index is 5.78. The van der Waals surface area contributed by atoms with Crippen molar-refractivity contribution in [3.63, 3.8) is 0 Å². The quantitative estimate of drug-likeness (QED) is 0.721. The third kappa shape index (κ3) is 6.14. The van der Waals surface area contributed by atoms with Gasteiger partial charge in [-0.15, -0.1) is 0 Å². The molecule has 0 spiro atoms. The molecule has 0 aromatic rings. The zero-order valence-electron chi connectivity index (χ0n) is 12.8. The predicted octanol–water partition coefficient (Wildman–Crippen LogP) is 0.541. The molecule has 0 unspecified atom stereocenters. The fourth-order valence-electron chi connectivity index (χ4n) is 2.14. The molecule has 0 amide bonds. The first-order chi connectivity index (χ1) is 8.43. The number of piperazine rings is 1. The standard InChI is InChI=1S/C14H32N4/c1-14(2,13-15)5-6-17-9-11-18(12-10-17)8-7-16(3)4/h5-13,15H2,1-4H3. The second-order valence-corrected chi connectivity index (χ2v) is 6.60. The normalized spacial score (nSPS) is 19.7. The van der Waals surface area contributed by atoms with Gasteiger partial charge in [-0.2, -0.15) is 0 Å². The minimum Gasteiger partial charge on any atom is -0.330 e. The summed E-state index contributed by atoms with van der Waals surface area (Å²) in [5.41, 5.74) is 6.07. The zero-order chi connectivity index (χ0) is 13.6. The first kappa shape index (κ1) is 15.9. The lowest BCUT2D eigenvalue weighted by Gasteiger charge is -2.36. The van der Waals surface area contributed by atoms with Crippen LogP contribution in [0, 0.1) is 5.41 Å². The van der Waals surface area contributed by atoms with Crippen LogP contribution in [0.15, 0.2) is 0 Å². The largest absolute Gasteiger partial charge is 0.330 e. The summed E-state index contributed by atoms with van der Waals surface area (Å²) in [6, 6.07) is 0. The van der Waals surface area contributed by atoms with Crippen LogP contribution in [0.2, 0.25) is 0 Å². The molecule has 0 bridgehead atoms. The van der Waals surface area contributed by atoms with Gasteiger partial charge in [0.15, 0.2) is 0 Å². The summed E-state index contributed by atoms with van der Waals surface area (Å²) in [6.45, 7) is 13.8. The molecule has 2 N–H and O–H groups in total. The average molecular weight is 256 g/mol. The molecule has 0 aliphatic carbocycles. The van der Waals surface area contributed by atoms with E-state index in [1.54, 1.807) is 0 Å².